The van der Waals surface area contributed by atoms with Crippen molar-refractivity contribution in [2.75, 3.05) is 32.6 Å². The van der Waals surface area contributed by atoms with Crippen molar-refractivity contribution >= 4 is 40.6 Å². The van der Waals surface area contributed by atoms with Crippen molar-refractivity contribution < 1.29 is 43.3 Å². The zero-order valence-corrected chi connectivity index (χ0v) is 19.7. The maximum Gasteiger partial charge on any atom is 0.308 e. The van der Waals surface area contributed by atoms with E-state index in [9.17, 15) is 24.0 Å². The van der Waals surface area contributed by atoms with Gasteiger partial charge in [-0.15, -0.1) is 0 Å². The zero-order chi connectivity index (χ0) is 24.4. The number of hydrogen-bond donors (Lipinski definition) is 3. The molecule has 1 rings (SSSR count). The van der Waals surface area contributed by atoms with Gasteiger partial charge < -0.3 is 30.0 Å². The van der Waals surface area contributed by atoms with Crippen molar-refractivity contribution in [3.8, 4) is 0 Å². The summed E-state index contributed by atoms with van der Waals surface area (Å²) in [6.07, 6.45) is -1.21. The van der Waals surface area contributed by atoms with Gasteiger partial charge in [-0.1, -0.05) is 25.6 Å². The molecule has 2 atom stereocenters. The van der Waals surface area contributed by atoms with Crippen LogP contribution in [0.3, 0.4) is 0 Å². The molecule has 2 amide bonds. The topological polar surface area (TPSA) is 157 Å². The minimum absolute atomic E-state index is 0.0253. The minimum atomic E-state index is -1.41. The quantitative estimate of drug-likeness (QED) is 0.267. The van der Waals surface area contributed by atoms with Crippen molar-refractivity contribution in [2.24, 2.45) is 5.41 Å². The van der Waals surface area contributed by atoms with Crippen molar-refractivity contribution in [1.82, 2.24) is 10.6 Å². The normalized spacial score (nSPS) is 21.9. The number of methoxy groups -OCH3 is 1. The molecule has 1 heterocycles. The Morgan fingerprint density at radius 1 is 1.06 bits per heavy atom. The van der Waals surface area contributed by atoms with E-state index < -0.39 is 41.6 Å². The molecular formula is C20H32N2O9S. The van der Waals surface area contributed by atoms with Gasteiger partial charge in [0.05, 0.1) is 26.6 Å². The number of hydrogen-bond acceptors (Lipinski definition) is 9. The van der Waals surface area contributed by atoms with Crippen LogP contribution in [0.4, 0.5) is 0 Å². The second kappa shape index (κ2) is 12.8. The molecule has 0 aromatic carbocycles. The molecule has 0 radical (unpaired) electrons. The molecule has 0 aliphatic carbocycles. The fourth-order valence-electron chi connectivity index (χ4n) is 2.85. The molecule has 0 saturated carbocycles. The maximum absolute atomic E-state index is 12.6. The van der Waals surface area contributed by atoms with Crippen LogP contribution in [0.1, 0.15) is 46.5 Å². The standard InChI is InChI=1S/C20H32N2O9S/c1-19(2)12-30-20(3,11-14(24)25)31-17(19)18(28)22-8-7-13(23)21-9-10-32-16(27)6-5-15(26)29-4/h17H,5-12H2,1-4H3,(H,21,23)(H,22,28)(H,24,25)/t17-,20?/m0/s1. The molecule has 1 fully saturated rings. The molecular weight excluding hydrogens is 444 g/mol. The van der Waals surface area contributed by atoms with Gasteiger partial charge >= 0.3 is 11.9 Å². The van der Waals surface area contributed by atoms with E-state index in [1.165, 1.54) is 14.0 Å². The highest BCUT2D eigenvalue weighted by molar-refractivity contribution is 8.13. The number of rotatable bonds is 12. The molecule has 182 valence electrons. The fourth-order valence-corrected chi connectivity index (χ4v) is 3.53. The Morgan fingerprint density at radius 2 is 1.75 bits per heavy atom. The third-order valence-electron chi connectivity index (χ3n) is 4.64. The number of carbonyl (C=O) groups excluding carboxylic acids is 4. The SMILES string of the molecule is COC(=O)CCC(=O)SCCNC(=O)CCNC(=O)[C@@H]1OC(C)(CC(=O)O)OCC1(C)C. The zero-order valence-electron chi connectivity index (χ0n) is 18.9. The molecule has 3 N–H and O–H groups in total. The lowest BCUT2D eigenvalue weighted by molar-refractivity contribution is -0.313. The lowest BCUT2D eigenvalue weighted by atomic mass is 9.85. The summed E-state index contributed by atoms with van der Waals surface area (Å²) in [6.45, 7) is 5.50. The van der Waals surface area contributed by atoms with Gasteiger partial charge in [0.15, 0.2) is 10.9 Å². The largest absolute Gasteiger partial charge is 0.481 e. The van der Waals surface area contributed by atoms with Crippen LogP contribution in [0.5, 0.6) is 0 Å². The van der Waals surface area contributed by atoms with Gasteiger partial charge in [0.2, 0.25) is 11.8 Å². The molecule has 1 saturated heterocycles. The maximum atomic E-state index is 12.6. The molecule has 12 heteroatoms. The molecule has 1 aliphatic rings. The average Bonchev–Trinajstić information content (AvgIpc) is 2.70. The predicted molar refractivity (Wildman–Crippen MR) is 115 cm³/mol. The smallest absolute Gasteiger partial charge is 0.308 e. The van der Waals surface area contributed by atoms with Crippen LogP contribution in [-0.4, -0.2) is 78.4 Å². The summed E-state index contributed by atoms with van der Waals surface area (Å²) in [4.78, 5) is 58.1. The van der Waals surface area contributed by atoms with E-state index in [0.29, 0.717) is 5.75 Å². The second-order valence-electron chi connectivity index (χ2n) is 8.17. The van der Waals surface area contributed by atoms with Gasteiger partial charge in [0, 0.05) is 37.1 Å². The van der Waals surface area contributed by atoms with Gasteiger partial charge in [-0.25, -0.2) is 0 Å². The van der Waals surface area contributed by atoms with Crippen LogP contribution in [-0.2, 0) is 38.2 Å². The van der Waals surface area contributed by atoms with E-state index in [1.807, 2.05) is 0 Å². The molecule has 0 aromatic heterocycles. The molecule has 0 spiro atoms. The van der Waals surface area contributed by atoms with Crippen molar-refractivity contribution in [2.45, 2.75) is 58.3 Å². The van der Waals surface area contributed by atoms with Gasteiger partial charge in [-0.3, -0.25) is 24.0 Å². The monoisotopic (exact) mass is 476 g/mol. The van der Waals surface area contributed by atoms with Gasteiger partial charge in [-0.2, -0.15) is 0 Å². The Balaban J connectivity index is 2.32. The van der Waals surface area contributed by atoms with E-state index in [0.717, 1.165) is 11.8 Å². The number of ether oxygens (including phenoxy) is 3. The van der Waals surface area contributed by atoms with Crippen LogP contribution < -0.4 is 10.6 Å². The highest BCUT2D eigenvalue weighted by Crippen LogP contribution is 2.36. The van der Waals surface area contributed by atoms with E-state index in [-0.39, 0.29) is 50.0 Å². The molecule has 0 aromatic rings. The van der Waals surface area contributed by atoms with E-state index >= 15 is 0 Å². The molecule has 1 unspecified atom stereocenters. The summed E-state index contributed by atoms with van der Waals surface area (Å²) < 4.78 is 15.7. The van der Waals surface area contributed by atoms with Crippen LogP contribution in [0.15, 0.2) is 0 Å². The third-order valence-corrected chi connectivity index (χ3v) is 5.57. The number of carboxylic acid groups (broad SMARTS) is 1. The van der Waals surface area contributed by atoms with Crippen LogP contribution in [0.2, 0.25) is 0 Å². The van der Waals surface area contributed by atoms with Crippen LogP contribution >= 0.6 is 11.8 Å². The summed E-state index contributed by atoms with van der Waals surface area (Å²) in [6, 6.07) is 0. The number of carbonyl (C=O) groups is 5. The first kappa shape index (κ1) is 27.9. The number of amides is 2. The van der Waals surface area contributed by atoms with E-state index in [2.05, 4.69) is 15.4 Å². The molecule has 0 bridgehead atoms. The lowest BCUT2D eigenvalue weighted by Gasteiger charge is -2.45. The minimum Gasteiger partial charge on any atom is -0.481 e. The molecule has 1 aliphatic heterocycles. The van der Waals surface area contributed by atoms with Crippen molar-refractivity contribution in [3.63, 3.8) is 0 Å². The summed E-state index contributed by atoms with van der Waals surface area (Å²) in [5, 5.41) is 14.1. The third kappa shape index (κ3) is 9.96. The number of nitrogens with one attached hydrogen (secondary N) is 2. The number of carboxylic acids is 1. The van der Waals surface area contributed by atoms with E-state index in [4.69, 9.17) is 14.6 Å². The van der Waals surface area contributed by atoms with Crippen LogP contribution in [0, 0.1) is 5.41 Å². The Bertz CT molecular complexity index is 713. The summed E-state index contributed by atoms with van der Waals surface area (Å²) in [5.74, 6) is -3.34. The van der Waals surface area contributed by atoms with E-state index in [1.54, 1.807) is 13.8 Å². The van der Waals surface area contributed by atoms with Gasteiger partial charge in [-0.05, 0) is 6.92 Å². The number of aliphatic carboxylic acids is 1. The number of esters is 1. The Morgan fingerprint density at radius 3 is 2.38 bits per heavy atom. The van der Waals surface area contributed by atoms with Gasteiger partial charge in [0.1, 0.15) is 6.10 Å². The summed E-state index contributed by atoms with van der Waals surface area (Å²) in [7, 11) is 1.26. The highest BCUT2D eigenvalue weighted by atomic mass is 32.2. The van der Waals surface area contributed by atoms with Crippen LogP contribution in [0.25, 0.3) is 0 Å². The second-order valence-corrected chi connectivity index (χ2v) is 9.32. The summed E-state index contributed by atoms with van der Waals surface area (Å²) in [5.41, 5.74) is -0.679. The first-order chi connectivity index (χ1) is 14.9. The predicted octanol–water partition coefficient (Wildman–Crippen LogP) is 0.454. The van der Waals surface area contributed by atoms with Crippen molar-refractivity contribution in [1.29, 1.82) is 0 Å². The molecule has 32 heavy (non-hydrogen) atoms. The number of thioether (sulfide) groups is 1. The highest BCUT2D eigenvalue weighted by Gasteiger charge is 2.48. The molecule has 11 nitrogen and oxygen atoms in total. The van der Waals surface area contributed by atoms with Gasteiger partial charge in [0.25, 0.3) is 0 Å². The first-order valence-corrected chi connectivity index (χ1v) is 11.2. The first-order valence-electron chi connectivity index (χ1n) is 10.2. The lowest BCUT2D eigenvalue weighted by Crippen LogP contribution is -2.58. The fraction of sp³-hybridized carbons (Fsp3) is 0.750. The van der Waals surface area contributed by atoms with Crippen molar-refractivity contribution in [3.05, 3.63) is 0 Å². The average molecular weight is 477 g/mol. The Labute approximate surface area is 191 Å². The summed E-state index contributed by atoms with van der Waals surface area (Å²) >= 11 is 1.02. The Kier molecular flexibility index (Phi) is 11.1. The Hall–Kier alpha value is -2.18.